The van der Waals surface area contributed by atoms with E-state index in [2.05, 4.69) is 26.3 Å². The van der Waals surface area contributed by atoms with Gasteiger partial charge in [-0.1, -0.05) is 18.2 Å². The molecule has 1 aliphatic heterocycles. The Bertz CT molecular complexity index is 938. The van der Waals surface area contributed by atoms with Crippen molar-refractivity contribution in [1.82, 2.24) is 25.2 Å². The fourth-order valence-electron chi connectivity index (χ4n) is 5.04. The van der Waals surface area contributed by atoms with Gasteiger partial charge in [0.15, 0.2) is 0 Å². The zero-order valence-electron chi connectivity index (χ0n) is 16.6. The number of aromatic nitrogens is 3. The first-order valence-corrected chi connectivity index (χ1v) is 10.6. The number of benzene rings is 1. The maximum absolute atomic E-state index is 12.5. The Labute approximate surface area is 170 Å². The molecule has 3 aromatic rings. The van der Waals surface area contributed by atoms with Gasteiger partial charge in [0, 0.05) is 37.9 Å². The van der Waals surface area contributed by atoms with E-state index in [1.165, 1.54) is 12.8 Å². The fourth-order valence-corrected chi connectivity index (χ4v) is 5.04. The van der Waals surface area contributed by atoms with E-state index in [4.69, 9.17) is 4.98 Å². The molecule has 1 saturated carbocycles. The number of amides is 1. The van der Waals surface area contributed by atoms with Crippen molar-refractivity contribution in [3.05, 3.63) is 60.2 Å². The van der Waals surface area contributed by atoms with Crippen LogP contribution in [0.15, 0.2) is 48.8 Å². The Morgan fingerprint density at radius 1 is 1.14 bits per heavy atom. The number of rotatable bonds is 6. The summed E-state index contributed by atoms with van der Waals surface area (Å²) in [5.74, 6) is 2.28. The number of fused-ring (bicyclic) bond motifs is 3. The molecule has 2 N–H and O–H groups in total. The van der Waals surface area contributed by atoms with Crippen molar-refractivity contribution in [2.75, 3.05) is 13.1 Å². The molecule has 6 nitrogen and oxygen atoms in total. The van der Waals surface area contributed by atoms with Crippen molar-refractivity contribution < 1.29 is 4.79 Å². The van der Waals surface area contributed by atoms with Crippen LogP contribution < -0.4 is 5.32 Å². The number of likely N-dealkylation sites (tertiary alicyclic amines) is 1. The molecule has 1 unspecified atom stereocenters. The maximum Gasteiger partial charge on any atom is 0.220 e. The maximum atomic E-state index is 12.5. The first-order chi connectivity index (χ1) is 14.2. The number of piperidine rings is 1. The molecular weight excluding hydrogens is 362 g/mol. The molecule has 29 heavy (non-hydrogen) atoms. The Balaban J connectivity index is 1.16. The van der Waals surface area contributed by atoms with E-state index < -0.39 is 0 Å². The van der Waals surface area contributed by atoms with Crippen LogP contribution in [0.5, 0.6) is 0 Å². The van der Waals surface area contributed by atoms with E-state index in [1.54, 1.807) is 6.20 Å². The lowest BCUT2D eigenvalue weighted by Crippen LogP contribution is -2.52. The molecule has 2 aromatic heterocycles. The van der Waals surface area contributed by atoms with Crippen LogP contribution >= 0.6 is 0 Å². The van der Waals surface area contributed by atoms with Crippen LogP contribution in [-0.4, -0.2) is 44.9 Å². The lowest BCUT2D eigenvalue weighted by Gasteiger charge is -2.38. The Hall–Kier alpha value is -2.73. The zero-order valence-corrected chi connectivity index (χ0v) is 16.6. The lowest BCUT2D eigenvalue weighted by molar-refractivity contribution is -0.122. The summed E-state index contributed by atoms with van der Waals surface area (Å²) >= 11 is 0. The number of aromatic amines is 1. The van der Waals surface area contributed by atoms with Gasteiger partial charge in [0.1, 0.15) is 5.82 Å². The summed E-state index contributed by atoms with van der Waals surface area (Å²) < 4.78 is 0. The highest BCUT2D eigenvalue weighted by molar-refractivity contribution is 5.76. The van der Waals surface area contributed by atoms with Crippen LogP contribution in [-0.2, 0) is 17.8 Å². The standard InChI is InChI=1S/C23H27N5O/c29-22(10-7-16-4-3-11-24-12-16)27-23-17-8-9-18(23)14-28(13-17)15-21-25-19-5-1-2-6-20(19)26-21/h1-6,11-12,17-18,23H,7-10,13-15H2,(H,25,26)(H,27,29)/t17-,18+,23?. The predicted octanol–water partition coefficient (Wildman–Crippen LogP) is 2.92. The molecule has 5 rings (SSSR count). The largest absolute Gasteiger partial charge is 0.353 e. The van der Waals surface area contributed by atoms with Crippen molar-refractivity contribution in [3.8, 4) is 0 Å². The number of pyridine rings is 1. The quantitative estimate of drug-likeness (QED) is 0.680. The number of hydrogen-bond acceptors (Lipinski definition) is 4. The lowest BCUT2D eigenvalue weighted by atomic mass is 9.92. The summed E-state index contributed by atoms with van der Waals surface area (Å²) in [6, 6.07) is 12.5. The zero-order chi connectivity index (χ0) is 19.6. The van der Waals surface area contributed by atoms with E-state index in [-0.39, 0.29) is 5.91 Å². The molecule has 1 saturated heterocycles. The second-order valence-electron chi connectivity index (χ2n) is 8.45. The molecule has 1 aliphatic carbocycles. The summed E-state index contributed by atoms with van der Waals surface area (Å²) in [4.78, 5) is 27.3. The Morgan fingerprint density at radius 2 is 1.97 bits per heavy atom. The second kappa shape index (κ2) is 7.95. The average Bonchev–Trinajstić information content (AvgIpc) is 3.24. The van der Waals surface area contributed by atoms with Crippen molar-refractivity contribution >= 4 is 16.9 Å². The fraction of sp³-hybridized carbons (Fsp3) is 0.435. The molecule has 2 fully saturated rings. The van der Waals surface area contributed by atoms with E-state index in [0.29, 0.717) is 24.3 Å². The van der Waals surface area contributed by atoms with Crippen molar-refractivity contribution in [3.63, 3.8) is 0 Å². The molecule has 6 heteroatoms. The van der Waals surface area contributed by atoms with Gasteiger partial charge in [-0.3, -0.25) is 14.7 Å². The highest BCUT2D eigenvalue weighted by Gasteiger charge is 2.42. The van der Waals surface area contributed by atoms with Crippen molar-refractivity contribution in [1.29, 1.82) is 0 Å². The molecule has 0 spiro atoms. The number of nitrogens with one attached hydrogen (secondary N) is 2. The highest BCUT2D eigenvalue weighted by atomic mass is 16.1. The SMILES string of the molecule is O=C(CCc1cccnc1)NC1[C@@H]2CC[C@H]1CN(Cc1nc3ccccc3[nH]1)C2. The summed E-state index contributed by atoms with van der Waals surface area (Å²) in [5, 5.41) is 3.35. The van der Waals surface area contributed by atoms with Gasteiger partial charge >= 0.3 is 0 Å². The van der Waals surface area contributed by atoms with Gasteiger partial charge in [0.2, 0.25) is 5.91 Å². The minimum absolute atomic E-state index is 0.168. The minimum atomic E-state index is 0.168. The molecule has 2 bridgehead atoms. The van der Waals surface area contributed by atoms with Gasteiger partial charge in [-0.2, -0.15) is 0 Å². The normalized spacial score (nSPS) is 24.1. The average molecular weight is 390 g/mol. The topological polar surface area (TPSA) is 73.9 Å². The number of para-hydroxylation sites is 2. The van der Waals surface area contributed by atoms with Crippen LogP contribution in [0.3, 0.4) is 0 Å². The first kappa shape index (κ1) is 18.3. The highest BCUT2D eigenvalue weighted by Crippen LogP contribution is 2.37. The Kier molecular flexibility index (Phi) is 5.02. The summed E-state index contributed by atoms with van der Waals surface area (Å²) in [5.41, 5.74) is 3.24. The number of carbonyl (C=O) groups excluding carboxylic acids is 1. The van der Waals surface area contributed by atoms with Crippen LogP contribution in [0.1, 0.15) is 30.7 Å². The smallest absolute Gasteiger partial charge is 0.220 e. The van der Waals surface area contributed by atoms with Crippen LogP contribution in [0.4, 0.5) is 0 Å². The molecule has 1 amide bonds. The van der Waals surface area contributed by atoms with Gasteiger partial charge in [0.05, 0.1) is 17.6 Å². The number of imidazole rings is 1. The molecule has 150 valence electrons. The predicted molar refractivity (Wildman–Crippen MR) is 112 cm³/mol. The molecule has 1 aromatic carbocycles. The first-order valence-electron chi connectivity index (χ1n) is 10.6. The van der Waals surface area contributed by atoms with E-state index >= 15 is 0 Å². The summed E-state index contributed by atoms with van der Waals surface area (Å²) in [7, 11) is 0. The molecule has 3 atom stereocenters. The van der Waals surface area contributed by atoms with E-state index in [1.807, 2.05) is 36.5 Å². The third-order valence-electron chi connectivity index (χ3n) is 6.41. The summed E-state index contributed by atoms with van der Waals surface area (Å²) in [6.07, 6.45) is 7.29. The second-order valence-corrected chi connectivity index (χ2v) is 8.45. The van der Waals surface area contributed by atoms with Gasteiger partial charge in [-0.15, -0.1) is 0 Å². The number of nitrogens with zero attached hydrogens (tertiary/aromatic N) is 3. The minimum Gasteiger partial charge on any atom is -0.353 e. The Morgan fingerprint density at radius 3 is 2.72 bits per heavy atom. The van der Waals surface area contributed by atoms with E-state index in [9.17, 15) is 4.79 Å². The van der Waals surface area contributed by atoms with E-state index in [0.717, 1.165) is 48.5 Å². The number of H-pyrrole nitrogens is 1. The molecule has 2 aliphatic rings. The third kappa shape index (κ3) is 4.03. The monoisotopic (exact) mass is 389 g/mol. The van der Waals surface area contributed by atoms with Crippen LogP contribution in [0, 0.1) is 11.8 Å². The molecule has 0 radical (unpaired) electrons. The van der Waals surface area contributed by atoms with Gasteiger partial charge in [-0.05, 0) is 54.9 Å². The van der Waals surface area contributed by atoms with Gasteiger partial charge in [0.25, 0.3) is 0 Å². The van der Waals surface area contributed by atoms with Crippen LogP contribution in [0.25, 0.3) is 11.0 Å². The summed E-state index contributed by atoms with van der Waals surface area (Å²) in [6.45, 7) is 2.91. The van der Waals surface area contributed by atoms with Crippen molar-refractivity contribution in [2.45, 2.75) is 38.3 Å². The molecule has 3 heterocycles. The van der Waals surface area contributed by atoms with Crippen LogP contribution in [0.2, 0.25) is 0 Å². The van der Waals surface area contributed by atoms with Gasteiger partial charge in [-0.25, -0.2) is 4.98 Å². The van der Waals surface area contributed by atoms with Gasteiger partial charge < -0.3 is 10.3 Å². The number of carbonyl (C=O) groups is 1. The molecular formula is C23H27N5O. The van der Waals surface area contributed by atoms with Crippen molar-refractivity contribution in [2.24, 2.45) is 11.8 Å². The number of hydrogen-bond donors (Lipinski definition) is 2. The third-order valence-corrected chi connectivity index (χ3v) is 6.41. The number of aryl methyl sites for hydroxylation is 1.